The van der Waals surface area contributed by atoms with E-state index in [-0.39, 0.29) is 11.9 Å². The van der Waals surface area contributed by atoms with Crippen molar-refractivity contribution in [2.24, 2.45) is 0 Å². The molecule has 1 aliphatic rings. The van der Waals surface area contributed by atoms with E-state index < -0.39 is 6.10 Å². The summed E-state index contributed by atoms with van der Waals surface area (Å²) in [7, 11) is 0. The maximum Gasteiger partial charge on any atom is 0.318 e. The zero-order valence-electron chi connectivity index (χ0n) is 10.5. The number of rotatable bonds is 2. The first kappa shape index (κ1) is 12.1. The molecule has 0 aliphatic carbocycles. The third kappa shape index (κ3) is 2.31. The number of β-amino-alcohol motifs (C(OH)–C–C–N with tert-alkyl or cyclic N) is 1. The number of aryl methyl sites for hydroxylation is 1. The summed E-state index contributed by atoms with van der Waals surface area (Å²) in [6.45, 7) is 2.15. The second kappa shape index (κ2) is 4.62. The lowest BCUT2D eigenvalue weighted by Crippen LogP contribution is -2.24. The Balaban J connectivity index is 1.92. The number of aromatic nitrogens is 2. The fourth-order valence-electron chi connectivity index (χ4n) is 2.43. The quantitative estimate of drug-likeness (QED) is 0.895. The van der Waals surface area contributed by atoms with E-state index in [9.17, 15) is 9.50 Å². The molecule has 1 saturated heterocycles. The molecule has 1 fully saturated rings. The van der Waals surface area contributed by atoms with Gasteiger partial charge in [-0.1, -0.05) is 17.2 Å². The average molecular weight is 263 g/mol. The molecule has 2 atom stereocenters. The SMILES string of the molecule is Cc1nnc(N2C[C@@H](O)C[C@H]2c2ccc(F)cc2)o1. The van der Waals surface area contributed by atoms with Crippen LogP contribution in [0.3, 0.4) is 0 Å². The van der Waals surface area contributed by atoms with Crippen molar-refractivity contribution in [3.8, 4) is 0 Å². The fourth-order valence-corrected chi connectivity index (χ4v) is 2.43. The third-order valence-corrected chi connectivity index (χ3v) is 3.29. The molecular weight excluding hydrogens is 249 g/mol. The van der Waals surface area contributed by atoms with Crippen LogP contribution in [0.1, 0.15) is 23.9 Å². The van der Waals surface area contributed by atoms with E-state index >= 15 is 0 Å². The van der Waals surface area contributed by atoms with Gasteiger partial charge >= 0.3 is 6.01 Å². The molecule has 100 valence electrons. The van der Waals surface area contributed by atoms with Crippen molar-refractivity contribution < 1.29 is 13.9 Å². The molecule has 1 aliphatic heterocycles. The van der Waals surface area contributed by atoms with Crippen molar-refractivity contribution >= 4 is 6.01 Å². The van der Waals surface area contributed by atoms with Crippen molar-refractivity contribution in [2.45, 2.75) is 25.5 Å². The van der Waals surface area contributed by atoms with Crippen LogP contribution in [-0.2, 0) is 0 Å². The molecule has 0 bridgehead atoms. The highest BCUT2D eigenvalue weighted by Crippen LogP contribution is 2.35. The summed E-state index contributed by atoms with van der Waals surface area (Å²) in [5.41, 5.74) is 0.925. The average Bonchev–Trinajstić information content (AvgIpc) is 2.96. The van der Waals surface area contributed by atoms with Crippen LogP contribution in [0.4, 0.5) is 10.4 Å². The van der Waals surface area contributed by atoms with Gasteiger partial charge in [0.15, 0.2) is 0 Å². The second-order valence-electron chi connectivity index (χ2n) is 4.71. The molecule has 2 aromatic rings. The minimum atomic E-state index is -0.456. The van der Waals surface area contributed by atoms with Crippen LogP contribution in [0.15, 0.2) is 28.7 Å². The highest BCUT2D eigenvalue weighted by Gasteiger charge is 2.35. The van der Waals surface area contributed by atoms with E-state index in [0.29, 0.717) is 24.9 Å². The van der Waals surface area contributed by atoms with E-state index in [1.807, 2.05) is 4.90 Å². The molecule has 6 heteroatoms. The summed E-state index contributed by atoms with van der Waals surface area (Å²) >= 11 is 0. The molecule has 0 spiro atoms. The summed E-state index contributed by atoms with van der Waals surface area (Å²) in [5, 5.41) is 17.6. The Morgan fingerprint density at radius 2 is 2.05 bits per heavy atom. The lowest BCUT2D eigenvalue weighted by atomic mass is 10.0. The fraction of sp³-hybridized carbons (Fsp3) is 0.385. The first-order valence-corrected chi connectivity index (χ1v) is 6.14. The molecule has 19 heavy (non-hydrogen) atoms. The highest BCUT2D eigenvalue weighted by molar-refractivity contribution is 5.36. The van der Waals surface area contributed by atoms with Gasteiger partial charge in [0.05, 0.1) is 12.1 Å². The van der Waals surface area contributed by atoms with Gasteiger partial charge in [-0.05, 0) is 24.1 Å². The minimum Gasteiger partial charge on any atom is -0.408 e. The zero-order valence-corrected chi connectivity index (χ0v) is 10.5. The molecule has 1 aromatic heterocycles. The molecular formula is C13H14FN3O2. The summed E-state index contributed by atoms with van der Waals surface area (Å²) in [6.07, 6.45) is 0.106. The first-order valence-electron chi connectivity index (χ1n) is 6.14. The van der Waals surface area contributed by atoms with E-state index in [1.54, 1.807) is 19.1 Å². The number of aliphatic hydroxyl groups is 1. The molecule has 3 rings (SSSR count). The topological polar surface area (TPSA) is 62.4 Å². The Labute approximate surface area is 109 Å². The van der Waals surface area contributed by atoms with Gasteiger partial charge in [-0.25, -0.2) is 4.39 Å². The Morgan fingerprint density at radius 1 is 1.32 bits per heavy atom. The second-order valence-corrected chi connectivity index (χ2v) is 4.71. The number of hydrogen-bond donors (Lipinski definition) is 1. The number of halogens is 1. The number of benzene rings is 1. The number of nitrogens with zero attached hydrogens (tertiary/aromatic N) is 3. The number of anilines is 1. The highest BCUT2D eigenvalue weighted by atomic mass is 19.1. The van der Waals surface area contributed by atoms with Crippen LogP contribution in [-0.4, -0.2) is 28.0 Å². The minimum absolute atomic E-state index is 0.0737. The molecule has 0 radical (unpaired) electrons. The maximum atomic E-state index is 13.0. The maximum absolute atomic E-state index is 13.0. The Bertz CT molecular complexity index is 570. The molecule has 1 aromatic carbocycles. The van der Waals surface area contributed by atoms with Gasteiger partial charge in [0.1, 0.15) is 5.82 Å². The molecule has 0 saturated carbocycles. The Kier molecular flexibility index (Phi) is 2.94. The number of aliphatic hydroxyl groups excluding tert-OH is 1. The Hall–Kier alpha value is -1.95. The summed E-state index contributed by atoms with van der Waals surface area (Å²) in [4.78, 5) is 1.86. The van der Waals surface area contributed by atoms with Crippen LogP contribution >= 0.6 is 0 Å². The van der Waals surface area contributed by atoms with Crippen LogP contribution in [0.5, 0.6) is 0 Å². The van der Waals surface area contributed by atoms with Crippen LogP contribution in [0.2, 0.25) is 0 Å². The van der Waals surface area contributed by atoms with E-state index in [2.05, 4.69) is 10.2 Å². The standard InChI is InChI=1S/C13H14FN3O2/c1-8-15-16-13(19-8)17-7-11(18)6-12(17)9-2-4-10(14)5-3-9/h2-5,11-12,18H,6-7H2,1H3/t11-,12-/m0/s1. The van der Waals surface area contributed by atoms with Gasteiger partial charge in [-0.2, -0.15) is 0 Å². The lowest BCUT2D eigenvalue weighted by Gasteiger charge is -2.22. The van der Waals surface area contributed by atoms with Gasteiger partial charge in [0, 0.05) is 13.5 Å². The smallest absolute Gasteiger partial charge is 0.318 e. The van der Waals surface area contributed by atoms with Crippen LogP contribution < -0.4 is 4.90 Å². The predicted molar refractivity (Wildman–Crippen MR) is 66.1 cm³/mol. The van der Waals surface area contributed by atoms with Gasteiger partial charge in [0.2, 0.25) is 5.89 Å². The van der Waals surface area contributed by atoms with E-state index in [4.69, 9.17) is 4.42 Å². The molecule has 5 nitrogen and oxygen atoms in total. The van der Waals surface area contributed by atoms with Gasteiger partial charge in [-0.15, -0.1) is 5.10 Å². The predicted octanol–water partition coefficient (Wildman–Crippen LogP) is 1.83. The first-order chi connectivity index (χ1) is 9.13. The van der Waals surface area contributed by atoms with Crippen molar-refractivity contribution in [2.75, 3.05) is 11.4 Å². The molecule has 2 heterocycles. The summed E-state index contributed by atoms with van der Waals surface area (Å²) < 4.78 is 18.4. The monoisotopic (exact) mass is 263 g/mol. The van der Waals surface area contributed by atoms with Crippen molar-refractivity contribution in [1.82, 2.24) is 10.2 Å². The summed E-state index contributed by atoms with van der Waals surface area (Å²) in [5.74, 6) is 0.205. The summed E-state index contributed by atoms with van der Waals surface area (Å²) in [6, 6.07) is 6.58. The van der Waals surface area contributed by atoms with Crippen LogP contribution in [0, 0.1) is 12.7 Å². The normalized spacial score (nSPS) is 23.0. The van der Waals surface area contributed by atoms with Gasteiger partial charge < -0.3 is 14.4 Å². The Morgan fingerprint density at radius 3 is 2.68 bits per heavy atom. The van der Waals surface area contributed by atoms with Gasteiger partial charge in [0.25, 0.3) is 0 Å². The van der Waals surface area contributed by atoms with Crippen molar-refractivity contribution in [1.29, 1.82) is 0 Å². The van der Waals surface area contributed by atoms with E-state index in [0.717, 1.165) is 5.56 Å². The molecule has 1 N–H and O–H groups in total. The van der Waals surface area contributed by atoms with E-state index in [1.165, 1.54) is 12.1 Å². The van der Waals surface area contributed by atoms with Crippen molar-refractivity contribution in [3.63, 3.8) is 0 Å². The molecule has 0 unspecified atom stereocenters. The van der Waals surface area contributed by atoms with Gasteiger partial charge in [-0.3, -0.25) is 0 Å². The lowest BCUT2D eigenvalue weighted by molar-refractivity contribution is 0.194. The number of hydrogen-bond acceptors (Lipinski definition) is 5. The zero-order chi connectivity index (χ0) is 13.4. The largest absolute Gasteiger partial charge is 0.408 e. The van der Waals surface area contributed by atoms with Crippen LogP contribution in [0.25, 0.3) is 0 Å². The van der Waals surface area contributed by atoms with Crippen molar-refractivity contribution in [3.05, 3.63) is 41.5 Å². The third-order valence-electron chi connectivity index (χ3n) is 3.29. The molecule has 0 amide bonds.